The van der Waals surface area contributed by atoms with Gasteiger partial charge in [-0.2, -0.15) is 0 Å². The van der Waals surface area contributed by atoms with Gasteiger partial charge in [-0.15, -0.1) is 0 Å². The van der Waals surface area contributed by atoms with E-state index in [2.05, 4.69) is 5.32 Å². The number of aliphatic carboxylic acids is 1. The van der Waals surface area contributed by atoms with E-state index >= 15 is 0 Å². The zero-order chi connectivity index (χ0) is 17.3. The van der Waals surface area contributed by atoms with Crippen molar-refractivity contribution in [3.05, 3.63) is 35.4 Å². The number of carboxylic acid groups (broad SMARTS) is 1. The Labute approximate surface area is 140 Å². The second-order valence-electron chi connectivity index (χ2n) is 6.92. The van der Waals surface area contributed by atoms with Gasteiger partial charge in [0.1, 0.15) is 6.54 Å². The third-order valence-corrected chi connectivity index (χ3v) is 5.16. The molecule has 1 heterocycles. The van der Waals surface area contributed by atoms with Crippen LogP contribution in [0.5, 0.6) is 0 Å². The van der Waals surface area contributed by atoms with Crippen LogP contribution in [0.1, 0.15) is 48.5 Å². The van der Waals surface area contributed by atoms with Crippen LogP contribution < -0.4 is 5.32 Å². The summed E-state index contributed by atoms with van der Waals surface area (Å²) >= 11 is 0. The van der Waals surface area contributed by atoms with Crippen molar-refractivity contribution >= 4 is 17.8 Å². The molecule has 1 aromatic carbocycles. The Morgan fingerprint density at radius 2 is 2.08 bits per heavy atom. The Hall–Kier alpha value is -2.37. The van der Waals surface area contributed by atoms with Crippen LogP contribution in [-0.4, -0.2) is 39.9 Å². The van der Waals surface area contributed by atoms with E-state index in [9.17, 15) is 19.5 Å². The third kappa shape index (κ3) is 3.00. The maximum Gasteiger partial charge on any atom is 0.308 e. The Kier molecular flexibility index (Phi) is 4.30. The first kappa shape index (κ1) is 16.5. The van der Waals surface area contributed by atoms with Crippen LogP contribution in [0.4, 0.5) is 0 Å². The maximum atomic E-state index is 12.4. The summed E-state index contributed by atoms with van der Waals surface area (Å²) in [5.74, 6) is -1.90. The fourth-order valence-corrected chi connectivity index (χ4v) is 3.85. The molecule has 0 spiro atoms. The van der Waals surface area contributed by atoms with E-state index in [4.69, 9.17) is 0 Å². The van der Waals surface area contributed by atoms with Gasteiger partial charge in [-0.25, -0.2) is 0 Å². The topological polar surface area (TPSA) is 86.7 Å². The van der Waals surface area contributed by atoms with Crippen molar-refractivity contribution < 1.29 is 19.5 Å². The molecule has 2 unspecified atom stereocenters. The van der Waals surface area contributed by atoms with Gasteiger partial charge in [-0.1, -0.05) is 31.0 Å². The lowest BCUT2D eigenvalue weighted by Crippen LogP contribution is -2.57. The molecular formula is C18H22N2O4. The highest BCUT2D eigenvalue weighted by atomic mass is 16.4. The molecule has 3 rings (SSSR count). The molecule has 1 aliphatic carbocycles. The molecule has 1 fully saturated rings. The number of amides is 2. The van der Waals surface area contributed by atoms with Gasteiger partial charge < -0.3 is 15.3 Å². The first-order chi connectivity index (χ1) is 11.4. The van der Waals surface area contributed by atoms with Gasteiger partial charge >= 0.3 is 5.97 Å². The van der Waals surface area contributed by atoms with Crippen molar-refractivity contribution in [2.45, 2.75) is 44.7 Å². The largest absolute Gasteiger partial charge is 0.481 e. The van der Waals surface area contributed by atoms with Crippen molar-refractivity contribution in [2.75, 3.05) is 6.54 Å². The van der Waals surface area contributed by atoms with E-state index in [0.29, 0.717) is 24.9 Å². The van der Waals surface area contributed by atoms with Crippen LogP contribution in [0, 0.1) is 5.92 Å². The van der Waals surface area contributed by atoms with Crippen molar-refractivity contribution in [1.29, 1.82) is 0 Å². The summed E-state index contributed by atoms with van der Waals surface area (Å²) in [6, 6.07) is 7.32. The number of carboxylic acids is 1. The number of hydrogen-bond acceptors (Lipinski definition) is 3. The predicted molar refractivity (Wildman–Crippen MR) is 87.3 cm³/mol. The van der Waals surface area contributed by atoms with Crippen molar-refractivity contribution in [3.8, 4) is 0 Å². The molecule has 0 bridgehead atoms. The van der Waals surface area contributed by atoms with E-state index < -0.39 is 17.4 Å². The summed E-state index contributed by atoms with van der Waals surface area (Å²) in [6.07, 6.45) is 2.97. The number of fused-ring (bicyclic) bond motifs is 1. The molecule has 1 aromatic rings. The van der Waals surface area contributed by atoms with E-state index in [0.717, 1.165) is 18.4 Å². The van der Waals surface area contributed by atoms with Gasteiger partial charge in [-0.3, -0.25) is 14.4 Å². The number of carbonyl (C=O) groups is 3. The lowest BCUT2D eigenvalue weighted by atomic mass is 9.74. The Bertz CT molecular complexity index is 687. The van der Waals surface area contributed by atoms with Crippen LogP contribution in [0.2, 0.25) is 0 Å². The summed E-state index contributed by atoms with van der Waals surface area (Å²) in [4.78, 5) is 37.8. The minimum atomic E-state index is -0.873. The standard InChI is InChI=1S/C18H22N2O4/c1-18(9-5-4-8-14(18)17(23)24)19-15(21)11-20-10-12-6-2-3-7-13(12)16(20)22/h2-3,6-7,14H,4-5,8-11H2,1H3,(H,19,21)(H,23,24). The minimum Gasteiger partial charge on any atom is -0.481 e. The molecule has 0 radical (unpaired) electrons. The molecule has 6 heteroatoms. The fourth-order valence-electron chi connectivity index (χ4n) is 3.85. The highest BCUT2D eigenvalue weighted by Gasteiger charge is 2.42. The van der Waals surface area contributed by atoms with E-state index in [1.165, 1.54) is 4.90 Å². The predicted octanol–water partition coefficient (Wildman–Crippen LogP) is 1.79. The summed E-state index contributed by atoms with van der Waals surface area (Å²) < 4.78 is 0. The molecule has 24 heavy (non-hydrogen) atoms. The third-order valence-electron chi connectivity index (χ3n) is 5.16. The highest BCUT2D eigenvalue weighted by Crippen LogP contribution is 2.34. The summed E-state index contributed by atoms with van der Waals surface area (Å²) in [5.41, 5.74) is 0.803. The summed E-state index contributed by atoms with van der Waals surface area (Å²) in [7, 11) is 0. The molecular weight excluding hydrogens is 308 g/mol. The average Bonchev–Trinajstić information content (AvgIpc) is 2.83. The number of nitrogens with zero attached hydrogens (tertiary/aromatic N) is 1. The second-order valence-corrected chi connectivity index (χ2v) is 6.92. The van der Waals surface area contributed by atoms with Gasteiger partial charge in [0.15, 0.2) is 0 Å². The number of benzene rings is 1. The molecule has 1 saturated carbocycles. The van der Waals surface area contributed by atoms with Crippen LogP contribution in [-0.2, 0) is 16.1 Å². The minimum absolute atomic E-state index is 0.0462. The molecule has 2 aliphatic rings. The molecule has 1 aliphatic heterocycles. The lowest BCUT2D eigenvalue weighted by Gasteiger charge is -2.40. The van der Waals surface area contributed by atoms with Gasteiger partial charge in [0.05, 0.1) is 11.5 Å². The first-order valence-electron chi connectivity index (χ1n) is 8.32. The Balaban J connectivity index is 1.66. The Morgan fingerprint density at radius 1 is 1.33 bits per heavy atom. The van der Waals surface area contributed by atoms with E-state index in [1.807, 2.05) is 12.1 Å². The highest BCUT2D eigenvalue weighted by molar-refractivity contribution is 6.00. The van der Waals surface area contributed by atoms with Gasteiger partial charge in [-0.05, 0) is 31.4 Å². The molecule has 2 N–H and O–H groups in total. The smallest absolute Gasteiger partial charge is 0.308 e. The second kappa shape index (κ2) is 6.26. The van der Waals surface area contributed by atoms with E-state index in [1.54, 1.807) is 19.1 Å². The quantitative estimate of drug-likeness (QED) is 0.881. The Morgan fingerprint density at radius 3 is 2.79 bits per heavy atom. The monoisotopic (exact) mass is 330 g/mol. The van der Waals surface area contributed by atoms with Crippen molar-refractivity contribution in [1.82, 2.24) is 10.2 Å². The van der Waals surface area contributed by atoms with Crippen LogP contribution >= 0.6 is 0 Å². The first-order valence-corrected chi connectivity index (χ1v) is 8.32. The van der Waals surface area contributed by atoms with E-state index in [-0.39, 0.29) is 18.4 Å². The maximum absolute atomic E-state index is 12.4. The zero-order valence-electron chi connectivity index (χ0n) is 13.7. The molecule has 2 atom stereocenters. The lowest BCUT2D eigenvalue weighted by molar-refractivity contribution is -0.146. The normalized spacial score (nSPS) is 26.1. The number of nitrogens with one attached hydrogen (secondary N) is 1. The van der Waals surface area contributed by atoms with Gasteiger partial charge in [0.2, 0.25) is 5.91 Å². The summed E-state index contributed by atoms with van der Waals surface area (Å²) in [6.45, 7) is 2.17. The molecule has 128 valence electrons. The molecule has 0 saturated heterocycles. The van der Waals surface area contributed by atoms with Gasteiger partial charge in [0.25, 0.3) is 5.91 Å². The van der Waals surface area contributed by atoms with Crippen LogP contribution in [0.25, 0.3) is 0 Å². The molecule has 2 amide bonds. The number of carbonyl (C=O) groups excluding carboxylic acids is 2. The summed E-state index contributed by atoms with van der Waals surface area (Å²) in [5, 5.41) is 12.3. The van der Waals surface area contributed by atoms with Crippen LogP contribution in [0.3, 0.4) is 0 Å². The average molecular weight is 330 g/mol. The zero-order valence-corrected chi connectivity index (χ0v) is 13.7. The van der Waals surface area contributed by atoms with Gasteiger partial charge in [0, 0.05) is 12.1 Å². The molecule has 0 aromatic heterocycles. The molecule has 6 nitrogen and oxygen atoms in total. The SMILES string of the molecule is CC1(NC(=O)CN2Cc3ccccc3C2=O)CCCCC1C(=O)O. The van der Waals surface area contributed by atoms with Crippen molar-refractivity contribution in [2.24, 2.45) is 5.92 Å². The fraction of sp³-hybridized carbons (Fsp3) is 0.500. The van der Waals surface area contributed by atoms with Crippen molar-refractivity contribution in [3.63, 3.8) is 0 Å². The number of hydrogen-bond donors (Lipinski definition) is 2. The van der Waals surface area contributed by atoms with Crippen LogP contribution in [0.15, 0.2) is 24.3 Å². The number of rotatable bonds is 4.